The number of hydrogen-bond donors (Lipinski definition) is 0. The highest BCUT2D eigenvalue weighted by Gasteiger charge is 2.23. The summed E-state index contributed by atoms with van der Waals surface area (Å²) in [4.78, 5) is 0. The summed E-state index contributed by atoms with van der Waals surface area (Å²) in [5.41, 5.74) is 0. The van der Waals surface area contributed by atoms with Gasteiger partial charge in [-0.2, -0.15) is 0 Å². The molecule has 0 saturated carbocycles. The normalized spacial score (nSPS) is 34.7. The minimum Gasteiger partial charge on any atom is -0.491 e. The van der Waals surface area contributed by atoms with Crippen molar-refractivity contribution < 1.29 is 9.47 Å². The summed E-state index contributed by atoms with van der Waals surface area (Å²) in [5.74, 6) is 0. The lowest BCUT2D eigenvalue weighted by Gasteiger charge is -2.28. The molecule has 2 heterocycles. The van der Waals surface area contributed by atoms with Gasteiger partial charge in [-0.1, -0.05) is 6.08 Å². The number of ether oxygens (including phenoxy) is 2. The van der Waals surface area contributed by atoms with Crippen LogP contribution in [0.15, 0.2) is 24.5 Å². The van der Waals surface area contributed by atoms with E-state index in [1.54, 1.807) is 6.26 Å². The van der Waals surface area contributed by atoms with Crippen LogP contribution >= 0.6 is 0 Å². The van der Waals surface area contributed by atoms with Gasteiger partial charge in [-0.15, -0.1) is 0 Å². The Morgan fingerprint density at radius 2 is 2.17 bits per heavy atom. The highest BCUT2D eigenvalue weighted by molar-refractivity contribution is 5.09. The van der Waals surface area contributed by atoms with E-state index >= 15 is 0 Å². The smallest absolute Gasteiger partial charge is 0.142 e. The Kier molecular flexibility index (Phi) is 2.47. The van der Waals surface area contributed by atoms with E-state index in [9.17, 15) is 0 Å². The van der Waals surface area contributed by atoms with Gasteiger partial charge >= 0.3 is 0 Å². The van der Waals surface area contributed by atoms with Gasteiger partial charge in [-0.25, -0.2) is 0 Å². The third kappa shape index (κ3) is 1.69. The molecule has 0 bridgehead atoms. The zero-order valence-corrected chi connectivity index (χ0v) is 7.11. The zero-order valence-electron chi connectivity index (χ0n) is 7.11. The molecule has 1 saturated heterocycles. The van der Waals surface area contributed by atoms with Crippen LogP contribution in [0.25, 0.3) is 0 Å². The van der Waals surface area contributed by atoms with Crippen molar-refractivity contribution in [3.8, 4) is 0 Å². The fourth-order valence-electron chi connectivity index (χ4n) is 1.64. The molecule has 1 fully saturated rings. The predicted molar refractivity (Wildman–Crippen MR) is 46.7 cm³/mol. The Morgan fingerprint density at radius 1 is 1.17 bits per heavy atom. The van der Waals surface area contributed by atoms with Gasteiger partial charge < -0.3 is 9.47 Å². The van der Waals surface area contributed by atoms with Crippen LogP contribution in [0.4, 0.5) is 0 Å². The van der Waals surface area contributed by atoms with Gasteiger partial charge in [0.2, 0.25) is 0 Å². The lowest BCUT2D eigenvalue weighted by atomic mass is 10.0. The Morgan fingerprint density at radius 3 is 2.83 bits per heavy atom. The van der Waals surface area contributed by atoms with Crippen LogP contribution in [0.3, 0.4) is 0 Å². The number of hydrogen-bond acceptors (Lipinski definition) is 2. The Hall–Kier alpha value is -0.760. The fraction of sp³-hybridized carbons (Fsp3) is 0.600. The summed E-state index contributed by atoms with van der Waals surface area (Å²) in [6, 6.07) is 0. The Balaban J connectivity index is 1.90. The van der Waals surface area contributed by atoms with Crippen LogP contribution in [0.1, 0.15) is 19.3 Å². The molecule has 2 atom stereocenters. The first kappa shape index (κ1) is 7.87. The van der Waals surface area contributed by atoms with Gasteiger partial charge in [0.1, 0.15) is 6.10 Å². The van der Waals surface area contributed by atoms with Gasteiger partial charge in [0.25, 0.3) is 0 Å². The van der Waals surface area contributed by atoms with Crippen molar-refractivity contribution in [2.24, 2.45) is 0 Å². The first-order valence-corrected chi connectivity index (χ1v) is 4.57. The monoisotopic (exact) mass is 166 g/mol. The molecular weight excluding hydrogens is 152 g/mol. The number of rotatable bonds is 1. The molecule has 66 valence electrons. The summed E-state index contributed by atoms with van der Waals surface area (Å²) in [6.45, 7) is 0.891. The molecule has 0 aliphatic carbocycles. The average Bonchev–Trinajstić information content (AvgIpc) is 2.21. The zero-order chi connectivity index (χ0) is 8.23. The summed E-state index contributed by atoms with van der Waals surface area (Å²) in [5, 5.41) is 0. The van der Waals surface area contributed by atoms with E-state index in [2.05, 4.69) is 6.08 Å². The van der Waals surface area contributed by atoms with Crippen molar-refractivity contribution in [2.45, 2.75) is 31.5 Å². The molecule has 0 radical (unpaired) electrons. The van der Waals surface area contributed by atoms with E-state index in [1.165, 1.54) is 12.8 Å². The van der Waals surface area contributed by atoms with Gasteiger partial charge in [0, 0.05) is 6.61 Å². The van der Waals surface area contributed by atoms with Gasteiger partial charge in [0.15, 0.2) is 0 Å². The van der Waals surface area contributed by atoms with Crippen molar-refractivity contribution in [1.82, 2.24) is 0 Å². The summed E-state index contributed by atoms with van der Waals surface area (Å²) in [7, 11) is 0. The van der Waals surface area contributed by atoms with Crippen molar-refractivity contribution in [3.05, 3.63) is 24.5 Å². The molecule has 2 heteroatoms. The standard InChI is InChI=1S/C10H14O2/c1-3-7-11-9(5-1)10-6-2-4-8-12-10/h1,3,5,7,9-10H,2,4,6,8H2. The van der Waals surface area contributed by atoms with Crippen LogP contribution in [-0.2, 0) is 9.47 Å². The maximum Gasteiger partial charge on any atom is 0.142 e. The summed E-state index contributed by atoms with van der Waals surface area (Å²) >= 11 is 0. The maximum atomic E-state index is 5.61. The molecule has 2 aliphatic rings. The van der Waals surface area contributed by atoms with E-state index in [-0.39, 0.29) is 12.2 Å². The molecule has 0 aromatic heterocycles. The lowest BCUT2D eigenvalue weighted by molar-refractivity contribution is -0.0494. The van der Waals surface area contributed by atoms with Crippen LogP contribution in [0, 0.1) is 0 Å². The second-order valence-electron chi connectivity index (χ2n) is 3.22. The van der Waals surface area contributed by atoms with Crippen LogP contribution in [0.2, 0.25) is 0 Å². The second-order valence-corrected chi connectivity index (χ2v) is 3.22. The van der Waals surface area contributed by atoms with Crippen LogP contribution in [-0.4, -0.2) is 18.8 Å². The minimum atomic E-state index is 0.148. The topological polar surface area (TPSA) is 18.5 Å². The molecule has 0 aromatic rings. The first-order chi connectivity index (χ1) is 5.97. The quantitative estimate of drug-likeness (QED) is 0.593. The molecule has 0 aromatic carbocycles. The van der Waals surface area contributed by atoms with E-state index in [0.717, 1.165) is 13.0 Å². The molecule has 0 amide bonds. The summed E-state index contributed by atoms with van der Waals surface area (Å²) < 4.78 is 11.0. The Bertz CT molecular complexity index is 190. The Labute approximate surface area is 72.9 Å². The van der Waals surface area contributed by atoms with Crippen molar-refractivity contribution in [1.29, 1.82) is 0 Å². The minimum absolute atomic E-state index is 0.148. The van der Waals surface area contributed by atoms with Crippen LogP contribution in [0.5, 0.6) is 0 Å². The van der Waals surface area contributed by atoms with Gasteiger partial charge in [-0.05, 0) is 31.4 Å². The third-order valence-corrected chi connectivity index (χ3v) is 2.31. The maximum absolute atomic E-state index is 5.61. The molecule has 2 aliphatic heterocycles. The van der Waals surface area contributed by atoms with Crippen LogP contribution < -0.4 is 0 Å². The van der Waals surface area contributed by atoms with Gasteiger partial charge in [-0.3, -0.25) is 0 Å². The second kappa shape index (κ2) is 3.76. The lowest BCUT2D eigenvalue weighted by Crippen LogP contribution is -2.32. The highest BCUT2D eigenvalue weighted by Crippen LogP contribution is 2.20. The molecule has 2 unspecified atom stereocenters. The molecule has 0 N–H and O–H groups in total. The predicted octanol–water partition coefficient (Wildman–Crippen LogP) is 2.02. The van der Waals surface area contributed by atoms with Crippen molar-refractivity contribution in [2.75, 3.05) is 6.61 Å². The molecule has 2 nitrogen and oxygen atoms in total. The van der Waals surface area contributed by atoms with E-state index in [4.69, 9.17) is 9.47 Å². The van der Waals surface area contributed by atoms with Crippen molar-refractivity contribution in [3.63, 3.8) is 0 Å². The third-order valence-electron chi connectivity index (χ3n) is 2.31. The molecule has 2 rings (SSSR count). The molecule has 12 heavy (non-hydrogen) atoms. The largest absolute Gasteiger partial charge is 0.491 e. The van der Waals surface area contributed by atoms with E-state index in [0.29, 0.717) is 0 Å². The number of allylic oxidation sites excluding steroid dienone is 2. The van der Waals surface area contributed by atoms with Gasteiger partial charge in [0.05, 0.1) is 12.4 Å². The average molecular weight is 166 g/mol. The first-order valence-electron chi connectivity index (χ1n) is 4.57. The highest BCUT2D eigenvalue weighted by atomic mass is 16.5. The SMILES string of the molecule is C1=COC(C2CCCCO2)C=C1. The molecule has 0 spiro atoms. The summed E-state index contributed by atoms with van der Waals surface area (Å²) in [6.07, 6.45) is 11.7. The van der Waals surface area contributed by atoms with E-state index in [1.807, 2.05) is 12.2 Å². The van der Waals surface area contributed by atoms with E-state index < -0.39 is 0 Å². The van der Waals surface area contributed by atoms with Crippen molar-refractivity contribution >= 4 is 0 Å². The molecular formula is C10H14O2. The fourth-order valence-corrected chi connectivity index (χ4v) is 1.64.